The molecule has 0 spiro atoms. The lowest BCUT2D eigenvalue weighted by molar-refractivity contribution is -0.394. The molecule has 0 bridgehead atoms. The number of nitrogens with one attached hydrogen (secondary N) is 1. The summed E-state index contributed by atoms with van der Waals surface area (Å²) in [7, 11) is 0. The fourth-order valence-electron chi connectivity index (χ4n) is 2.88. The van der Waals surface area contributed by atoms with Crippen LogP contribution < -0.4 is 5.32 Å². The number of rotatable bonds is 6. The van der Waals surface area contributed by atoms with Crippen LogP contribution in [0.4, 0.5) is 11.4 Å². The molecule has 1 aliphatic rings. The number of nitro groups is 2. The Bertz CT molecular complexity index is 541. The highest BCUT2D eigenvalue weighted by Crippen LogP contribution is 2.28. The molecular formula is C14H19N3O4. The molecule has 114 valence electrons. The van der Waals surface area contributed by atoms with Gasteiger partial charge in [-0.15, -0.1) is 0 Å². The molecule has 0 unspecified atom stereocenters. The summed E-state index contributed by atoms with van der Waals surface area (Å²) in [6.07, 6.45) is 4.87. The van der Waals surface area contributed by atoms with E-state index in [-0.39, 0.29) is 11.4 Å². The van der Waals surface area contributed by atoms with E-state index in [9.17, 15) is 20.2 Å². The number of hydrogen-bond acceptors (Lipinski definition) is 5. The van der Waals surface area contributed by atoms with Crippen LogP contribution in [0.15, 0.2) is 18.2 Å². The second kappa shape index (κ2) is 6.62. The van der Waals surface area contributed by atoms with E-state index in [0.29, 0.717) is 24.1 Å². The summed E-state index contributed by atoms with van der Waals surface area (Å²) in [4.78, 5) is 20.6. The molecule has 1 N–H and O–H groups in total. The molecule has 0 aromatic heterocycles. The van der Waals surface area contributed by atoms with Crippen LogP contribution in [0, 0.1) is 26.1 Å². The Hall–Kier alpha value is -2.02. The number of non-ortho nitro benzene ring substituents is 1. The van der Waals surface area contributed by atoms with Crippen LogP contribution in [0.1, 0.15) is 38.2 Å². The summed E-state index contributed by atoms with van der Waals surface area (Å²) in [5.74, 6) is 0.613. The first-order valence-corrected chi connectivity index (χ1v) is 7.14. The van der Waals surface area contributed by atoms with Crippen molar-refractivity contribution in [3.8, 4) is 0 Å². The van der Waals surface area contributed by atoms with Gasteiger partial charge in [0.2, 0.25) is 0 Å². The lowest BCUT2D eigenvalue weighted by Gasteiger charge is -2.20. The average Bonchev–Trinajstić information content (AvgIpc) is 2.98. The second-order valence-corrected chi connectivity index (χ2v) is 5.54. The number of benzene rings is 1. The third-order valence-corrected chi connectivity index (χ3v) is 4.20. The Labute approximate surface area is 122 Å². The van der Waals surface area contributed by atoms with Gasteiger partial charge in [0.05, 0.1) is 15.9 Å². The zero-order valence-corrected chi connectivity index (χ0v) is 11.9. The third kappa shape index (κ3) is 3.75. The van der Waals surface area contributed by atoms with Crippen LogP contribution in [-0.4, -0.2) is 15.9 Å². The minimum Gasteiger partial charge on any atom is -0.310 e. The van der Waals surface area contributed by atoms with Gasteiger partial charge in [-0.1, -0.05) is 12.8 Å². The molecule has 7 heteroatoms. The highest BCUT2D eigenvalue weighted by atomic mass is 16.6. The Morgan fingerprint density at radius 1 is 1.24 bits per heavy atom. The van der Waals surface area contributed by atoms with Crippen LogP contribution in [0.5, 0.6) is 0 Å². The summed E-state index contributed by atoms with van der Waals surface area (Å²) in [6, 6.07) is 4.09. The lowest BCUT2D eigenvalue weighted by atomic mass is 9.99. The van der Waals surface area contributed by atoms with Gasteiger partial charge in [-0.25, -0.2) is 0 Å². The van der Waals surface area contributed by atoms with Crippen LogP contribution in [0.2, 0.25) is 0 Å². The molecule has 0 radical (unpaired) electrons. The van der Waals surface area contributed by atoms with Gasteiger partial charge in [-0.3, -0.25) is 20.2 Å². The van der Waals surface area contributed by atoms with Gasteiger partial charge in [-0.2, -0.15) is 0 Å². The zero-order chi connectivity index (χ0) is 15.4. The molecule has 1 aliphatic carbocycles. The molecule has 0 aliphatic heterocycles. The van der Waals surface area contributed by atoms with E-state index in [1.54, 1.807) is 0 Å². The molecule has 0 heterocycles. The predicted octanol–water partition coefficient (Wildman–Crippen LogP) is 3.17. The van der Waals surface area contributed by atoms with E-state index in [0.717, 1.165) is 6.07 Å². The third-order valence-electron chi connectivity index (χ3n) is 4.20. The van der Waals surface area contributed by atoms with Crippen molar-refractivity contribution in [3.05, 3.63) is 44.0 Å². The van der Waals surface area contributed by atoms with Crippen LogP contribution in [-0.2, 0) is 6.54 Å². The van der Waals surface area contributed by atoms with Gasteiger partial charge in [0.25, 0.3) is 11.4 Å². The van der Waals surface area contributed by atoms with Crippen molar-refractivity contribution in [3.63, 3.8) is 0 Å². The summed E-state index contributed by atoms with van der Waals surface area (Å²) in [6.45, 7) is 2.44. The van der Waals surface area contributed by atoms with Gasteiger partial charge in [-0.05, 0) is 31.7 Å². The van der Waals surface area contributed by atoms with Crippen LogP contribution in [0.25, 0.3) is 0 Å². The molecule has 1 atom stereocenters. The first kappa shape index (κ1) is 15.4. The lowest BCUT2D eigenvalue weighted by Crippen LogP contribution is -2.31. The van der Waals surface area contributed by atoms with Gasteiger partial charge in [0, 0.05) is 24.2 Å². The Morgan fingerprint density at radius 3 is 2.48 bits per heavy atom. The van der Waals surface area contributed by atoms with E-state index in [2.05, 4.69) is 12.2 Å². The van der Waals surface area contributed by atoms with Crippen molar-refractivity contribution >= 4 is 11.4 Å². The molecule has 1 aromatic carbocycles. The SMILES string of the molecule is C[C@H](NCc1ccc([N+](=O)[O-])cc1[N+](=O)[O-])C1CCCC1. The van der Waals surface area contributed by atoms with E-state index >= 15 is 0 Å². The average molecular weight is 293 g/mol. The van der Waals surface area contributed by atoms with Crippen LogP contribution in [0.3, 0.4) is 0 Å². The maximum absolute atomic E-state index is 11.1. The second-order valence-electron chi connectivity index (χ2n) is 5.54. The van der Waals surface area contributed by atoms with Crippen molar-refractivity contribution in [2.75, 3.05) is 0 Å². The van der Waals surface area contributed by atoms with Crippen molar-refractivity contribution < 1.29 is 9.85 Å². The molecular weight excluding hydrogens is 274 g/mol. The zero-order valence-electron chi connectivity index (χ0n) is 11.9. The molecule has 0 amide bonds. The van der Waals surface area contributed by atoms with Crippen LogP contribution >= 0.6 is 0 Å². The van der Waals surface area contributed by atoms with Crippen molar-refractivity contribution in [1.29, 1.82) is 0 Å². The standard InChI is InChI=1S/C14H19N3O4/c1-10(11-4-2-3-5-11)15-9-12-6-7-13(16(18)19)8-14(12)17(20)21/h6-8,10-11,15H,2-5,9H2,1H3/t10-/m0/s1. The van der Waals surface area contributed by atoms with E-state index in [1.807, 2.05) is 0 Å². The summed E-state index contributed by atoms with van der Waals surface area (Å²) >= 11 is 0. The topological polar surface area (TPSA) is 98.3 Å². The summed E-state index contributed by atoms with van der Waals surface area (Å²) < 4.78 is 0. The smallest absolute Gasteiger partial charge is 0.280 e. The highest BCUT2D eigenvalue weighted by molar-refractivity contribution is 5.49. The fourth-order valence-corrected chi connectivity index (χ4v) is 2.88. The molecule has 7 nitrogen and oxygen atoms in total. The normalized spacial score (nSPS) is 16.8. The van der Waals surface area contributed by atoms with E-state index in [1.165, 1.54) is 37.8 Å². The predicted molar refractivity (Wildman–Crippen MR) is 78.0 cm³/mol. The largest absolute Gasteiger partial charge is 0.310 e. The van der Waals surface area contributed by atoms with Crippen molar-refractivity contribution in [2.45, 2.75) is 45.2 Å². The fraction of sp³-hybridized carbons (Fsp3) is 0.571. The molecule has 1 fully saturated rings. The number of hydrogen-bond donors (Lipinski definition) is 1. The molecule has 1 aromatic rings. The Morgan fingerprint density at radius 2 is 1.90 bits per heavy atom. The van der Waals surface area contributed by atoms with E-state index < -0.39 is 9.85 Å². The molecule has 21 heavy (non-hydrogen) atoms. The van der Waals surface area contributed by atoms with Gasteiger partial charge in [0.1, 0.15) is 0 Å². The van der Waals surface area contributed by atoms with E-state index in [4.69, 9.17) is 0 Å². The first-order valence-electron chi connectivity index (χ1n) is 7.14. The minimum absolute atomic E-state index is 0.199. The van der Waals surface area contributed by atoms with Crippen molar-refractivity contribution in [2.24, 2.45) is 5.92 Å². The monoisotopic (exact) mass is 293 g/mol. The minimum atomic E-state index is -0.620. The number of nitrogens with zero attached hydrogens (tertiary/aromatic N) is 2. The molecule has 2 rings (SSSR count). The van der Waals surface area contributed by atoms with Gasteiger partial charge < -0.3 is 5.32 Å². The van der Waals surface area contributed by atoms with Gasteiger partial charge in [0.15, 0.2) is 0 Å². The Kier molecular flexibility index (Phi) is 4.85. The summed E-state index contributed by atoms with van der Waals surface area (Å²) in [5.41, 5.74) is 0.0278. The quantitative estimate of drug-likeness (QED) is 0.641. The van der Waals surface area contributed by atoms with Gasteiger partial charge >= 0.3 is 0 Å². The highest BCUT2D eigenvalue weighted by Gasteiger charge is 2.23. The maximum atomic E-state index is 11.1. The summed E-state index contributed by atoms with van der Waals surface area (Å²) in [5, 5.41) is 25.1. The van der Waals surface area contributed by atoms with Crippen molar-refractivity contribution in [1.82, 2.24) is 5.32 Å². The molecule has 1 saturated carbocycles. The first-order chi connectivity index (χ1) is 9.99. The Balaban J connectivity index is 2.08. The maximum Gasteiger partial charge on any atom is 0.280 e. The number of nitro benzene ring substituents is 2. The molecule has 0 saturated heterocycles.